The number of nitrogen functional groups attached to an aromatic ring is 1. The topological polar surface area (TPSA) is 89.9 Å². The van der Waals surface area contributed by atoms with E-state index < -0.39 is 0 Å². The Kier molecular flexibility index (Phi) is 2.03. The standard InChI is InChI=1S/C10H13N5O/c11-9-8-10(13-4-12-9)15(5-14-8)7-3-6(7)1-2-16/h4-7,16H,1-3H2,(H2,11,12,13)/t6-,7-/m1/s1. The van der Waals surface area contributed by atoms with Crippen LogP contribution in [0.15, 0.2) is 12.7 Å². The Labute approximate surface area is 92.1 Å². The summed E-state index contributed by atoms with van der Waals surface area (Å²) in [6.07, 6.45) is 5.14. The van der Waals surface area contributed by atoms with Gasteiger partial charge in [-0.25, -0.2) is 15.0 Å². The third-order valence-corrected chi connectivity index (χ3v) is 3.13. The van der Waals surface area contributed by atoms with Crippen molar-refractivity contribution in [2.45, 2.75) is 18.9 Å². The maximum Gasteiger partial charge on any atom is 0.165 e. The fourth-order valence-electron chi connectivity index (χ4n) is 2.16. The molecule has 6 heteroatoms. The number of nitrogens with zero attached hydrogens (tertiary/aromatic N) is 4. The number of aliphatic hydroxyl groups excluding tert-OH is 1. The van der Waals surface area contributed by atoms with E-state index in [0.717, 1.165) is 18.5 Å². The molecule has 0 aliphatic heterocycles. The number of rotatable bonds is 3. The monoisotopic (exact) mass is 219 g/mol. The van der Waals surface area contributed by atoms with Gasteiger partial charge in [0, 0.05) is 12.6 Å². The van der Waals surface area contributed by atoms with E-state index in [1.165, 1.54) is 6.33 Å². The number of aromatic nitrogens is 4. The Morgan fingerprint density at radius 1 is 1.44 bits per heavy atom. The maximum atomic E-state index is 8.88. The summed E-state index contributed by atoms with van der Waals surface area (Å²) >= 11 is 0. The van der Waals surface area contributed by atoms with E-state index in [-0.39, 0.29) is 6.61 Å². The first kappa shape index (κ1) is 9.53. The molecule has 0 saturated heterocycles. The molecule has 3 rings (SSSR count). The highest BCUT2D eigenvalue weighted by atomic mass is 16.3. The Hall–Kier alpha value is -1.69. The number of aliphatic hydroxyl groups is 1. The summed E-state index contributed by atoms with van der Waals surface area (Å²) in [6, 6.07) is 0.409. The minimum absolute atomic E-state index is 0.241. The molecule has 0 spiro atoms. The number of hydrogen-bond acceptors (Lipinski definition) is 5. The predicted molar refractivity (Wildman–Crippen MR) is 58.6 cm³/mol. The van der Waals surface area contributed by atoms with Crippen LogP contribution < -0.4 is 5.73 Å². The van der Waals surface area contributed by atoms with Gasteiger partial charge in [-0.3, -0.25) is 0 Å². The molecule has 2 heterocycles. The molecule has 84 valence electrons. The Morgan fingerprint density at radius 3 is 3.12 bits per heavy atom. The quantitative estimate of drug-likeness (QED) is 0.777. The minimum atomic E-state index is 0.241. The van der Waals surface area contributed by atoms with Crippen molar-refractivity contribution in [2.24, 2.45) is 5.92 Å². The van der Waals surface area contributed by atoms with E-state index in [1.54, 1.807) is 6.33 Å². The van der Waals surface area contributed by atoms with Crippen molar-refractivity contribution in [3.8, 4) is 0 Å². The van der Waals surface area contributed by atoms with Crippen molar-refractivity contribution in [3.63, 3.8) is 0 Å². The molecule has 3 N–H and O–H groups in total. The second kappa shape index (κ2) is 3.41. The molecule has 2 aromatic heterocycles. The molecule has 1 aliphatic carbocycles. The Bertz CT molecular complexity index is 523. The summed E-state index contributed by atoms with van der Waals surface area (Å²) in [4.78, 5) is 12.3. The van der Waals surface area contributed by atoms with Crippen molar-refractivity contribution >= 4 is 17.0 Å². The van der Waals surface area contributed by atoms with Crippen molar-refractivity contribution in [2.75, 3.05) is 12.3 Å². The molecular weight excluding hydrogens is 206 g/mol. The van der Waals surface area contributed by atoms with Gasteiger partial charge in [-0.1, -0.05) is 0 Å². The van der Waals surface area contributed by atoms with E-state index in [9.17, 15) is 0 Å². The van der Waals surface area contributed by atoms with Gasteiger partial charge in [-0.15, -0.1) is 0 Å². The number of nitrogens with two attached hydrogens (primary N) is 1. The van der Waals surface area contributed by atoms with Gasteiger partial charge in [0.2, 0.25) is 0 Å². The van der Waals surface area contributed by atoms with Crippen molar-refractivity contribution < 1.29 is 5.11 Å². The van der Waals surface area contributed by atoms with E-state index in [2.05, 4.69) is 15.0 Å². The zero-order chi connectivity index (χ0) is 11.1. The first-order valence-corrected chi connectivity index (χ1v) is 5.35. The summed E-state index contributed by atoms with van der Waals surface area (Å²) in [5, 5.41) is 8.88. The van der Waals surface area contributed by atoms with Crippen molar-refractivity contribution in [1.82, 2.24) is 19.5 Å². The summed E-state index contributed by atoms with van der Waals surface area (Å²) in [5.41, 5.74) is 7.17. The Balaban J connectivity index is 1.97. The molecule has 0 aromatic carbocycles. The van der Waals surface area contributed by atoms with Gasteiger partial charge < -0.3 is 15.4 Å². The van der Waals surface area contributed by atoms with Crippen molar-refractivity contribution in [1.29, 1.82) is 0 Å². The number of imidazole rings is 1. The summed E-state index contributed by atoms with van der Waals surface area (Å²) in [5.74, 6) is 0.960. The Morgan fingerprint density at radius 2 is 2.31 bits per heavy atom. The first-order chi connectivity index (χ1) is 7.81. The second-order valence-electron chi connectivity index (χ2n) is 4.16. The molecule has 2 atom stereocenters. The fourth-order valence-corrected chi connectivity index (χ4v) is 2.16. The van der Waals surface area contributed by atoms with Gasteiger partial charge in [0.1, 0.15) is 11.8 Å². The molecule has 6 nitrogen and oxygen atoms in total. The molecule has 0 amide bonds. The zero-order valence-electron chi connectivity index (χ0n) is 8.74. The van der Waals surface area contributed by atoms with Crippen LogP contribution in [0.4, 0.5) is 5.82 Å². The molecule has 1 saturated carbocycles. The lowest BCUT2D eigenvalue weighted by atomic mass is 10.3. The molecule has 16 heavy (non-hydrogen) atoms. The summed E-state index contributed by atoms with van der Waals surface area (Å²) in [7, 11) is 0. The normalized spacial score (nSPS) is 23.8. The van der Waals surface area contributed by atoms with Crippen LogP contribution in [0.25, 0.3) is 11.2 Å². The van der Waals surface area contributed by atoms with Crippen LogP contribution in [-0.2, 0) is 0 Å². The van der Waals surface area contributed by atoms with E-state index in [1.807, 2.05) is 4.57 Å². The van der Waals surface area contributed by atoms with Crippen LogP contribution in [0.2, 0.25) is 0 Å². The highest BCUT2D eigenvalue weighted by Crippen LogP contribution is 2.46. The lowest BCUT2D eigenvalue weighted by Gasteiger charge is -2.01. The van der Waals surface area contributed by atoms with Gasteiger partial charge in [0.15, 0.2) is 11.5 Å². The smallest absolute Gasteiger partial charge is 0.165 e. The summed E-state index contributed by atoms with van der Waals surface area (Å²) < 4.78 is 2.04. The van der Waals surface area contributed by atoms with Crippen LogP contribution in [-0.4, -0.2) is 31.2 Å². The largest absolute Gasteiger partial charge is 0.396 e. The first-order valence-electron chi connectivity index (χ1n) is 5.35. The molecule has 0 radical (unpaired) electrons. The van der Waals surface area contributed by atoms with Crippen LogP contribution >= 0.6 is 0 Å². The summed E-state index contributed by atoms with van der Waals surface area (Å²) in [6.45, 7) is 0.241. The third-order valence-electron chi connectivity index (χ3n) is 3.13. The van der Waals surface area contributed by atoms with Gasteiger partial charge >= 0.3 is 0 Å². The van der Waals surface area contributed by atoms with Crippen LogP contribution in [0.5, 0.6) is 0 Å². The lowest BCUT2D eigenvalue weighted by molar-refractivity contribution is 0.277. The third kappa shape index (κ3) is 1.34. The lowest BCUT2D eigenvalue weighted by Crippen LogP contribution is -1.99. The van der Waals surface area contributed by atoms with E-state index in [4.69, 9.17) is 10.8 Å². The average molecular weight is 219 g/mol. The minimum Gasteiger partial charge on any atom is -0.396 e. The van der Waals surface area contributed by atoms with Crippen molar-refractivity contribution in [3.05, 3.63) is 12.7 Å². The predicted octanol–water partition coefficient (Wildman–Crippen LogP) is 0.352. The molecular formula is C10H13N5O. The molecule has 1 fully saturated rings. The molecule has 1 aliphatic rings. The van der Waals surface area contributed by atoms with Gasteiger partial charge in [-0.2, -0.15) is 0 Å². The van der Waals surface area contributed by atoms with Crippen LogP contribution in [0.3, 0.4) is 0 Å². The second-order valence-corrected chi connectivity index (χ2v) is 4.16. The zero-order valence-corrected chi connectivity index (χ0v) is 8.74. The molecule has 0 unspecified atom stereocenters. The highest BCUT2D eigenvalue weighted by Gasteiger charge is 2.38. The number of fused-ring (bicyclic) bond motifs is 1. The average Bonchev–Trinajstić information content (AvgIpc) is 2.89. The number of hydrogen-bond donors (Lipinski definition) is 2. The van der Waals surface area contributed by atoms with E-state index in [0.29, 0.717) is 23.3 Å². The molecule has 0 bridgehead atoms. The highest BCUT2D eigenvalue weighted by molar-refractivity contribution is 5.81. The van der Waals surface area contributed by atoms with Gasteiger partial charge in [0.05, 0.1) is 6.33 Å². The van der Waals surface area contributed by atoms with Gasteiger partial charge in [0.25, 0.3) is 0 Å². The van der Waals surface area contributed by atoms with Gasteiger partial charge in [-0.05, 0) is 18.8 Å². The number of anilines is 1. The maximum absolute atomic E-state index is 8.88. The molecule has 2 aromatic rings. The van der Waals surface area contributed by atoms with Crippen LogP contribution in [0, 0.1) is 5.92 Å². The SMILES string of the molecule is Nc1ncnc2c1ncn2[C@@H]1C[C@H]1CCO. The van der Waals surface area contributed by atoms with Crippen LogP contribution in [0.1, 0.15) is 18.9 Å². The fraction of sp³-hybridized carbons (Fsp3) is 0.500. The van der Waals surface area contributed by atoms with E-state index >= 15 is 0 Å².